The lowest BCUT2D eigenvalue weighted by atomic mass is 10.2. The van der Waals surface area contributed by atoms with Crippen LogP contribution in [0.4, 0.5) is 0 Å². The van der Waals surface area contributed by atoms with Gasteiger partial charge in [0, 0.05) is 18.6 Å². The molecule has 68 valence electrons. The van der Waals surface area contributed by atoms with Crippen molar-refractivity contribution in [2.45, 2.75) is 31.3 Å². The Labute approximate surface area is 80.3 Å². The van der Waals surface area contributed by atoms with Crippen molar-refractivity contribution in [2.24, 2.45) is 0 Å². The van der Waals surface area contributed by atoms with Crippen LogP contribution in [0.5, 0.6) is 0 Å². The predicted molar refractivity (Wildman–Crippen MR) is 51.9 cm³/mol. The van der Waals surface area contributed by atoms with E-state index in [0.29, 0.717) is 0 Å². The molecule has 1 atom stereocenters. The molecule has 1 heterocycles. The number of halogens is 2. The quantitative estimate of drug-likeness (QED) is 0.691. The van der Waals surface area contributed by atoms with Crippen molar-refractivity contribution in [3.63, 3.8) is 0 Å². The second-order valence-corrected chi connectivity index (χ2v) is 3.13. The molecule has 0 spiro atoms. The fourth-order valence-electron chi connectivity index (χ4n) is 1.38. The molecule has 0 aromatic rings. The zero-order valence-corrected chi connectivity index (χ0v) is 8.14. The third-order valence-electron chi connectivity index (χ3n) is 2.11. The van der Waals surface area contributed by atoms with Crippen LogP contribution in [0.2, 0.25) is 0 Å². The Kier molecular flexibility index (Phi) is 5.44. The van der Waals surface area contributed by atoms with Gasteiger partial charge in [0.2, 0.25) is 0 Å². The molecule has 0 amide bonds. The van der Waals surface area contributed by atoms with Gasteiger partial charge in [0.15, 0.2) is 0 Å². The fraction of sp³-hybridized carbons (Fsp3) is 1.00. The van der Waals surface area contributed by atoms with E-state index in [4.69, 9.17) is 0 Å². The number of rotatable bonds is 2. The van der Waals surface area contributed by atoms with Gasteiger partial charge in [-0.15, -0.1) is 24.8 Å². The van der Waals surface area contributed by atoms with E-state index in [-0.39, 0.29) is 24.8 Å². The van der Waals surface area contributed by atoms with Gasteiger partial charge in [-0.25, -0.2) is 0 Å². The van der Waals surface area contributed by atoms with Crippen LogP contribution in [-0.2, 0) is 0 Å². The van der Waals surface area contributed by atoms with E-state index in [1.54, 1.807) is 0 Å². The van der Waals surface area contributed by atoms with Gasteiger partial charge in [0.25, 0.3) is 0 Å². The molecule has 2 rings (SSSR count). The molecular formula is C7H16Cl2N2. The van der Waals surface area contributed by atoms with Crippen molar-refractivity contribution < 1.29 is 0 Å². The van der Waals surface area contributed by atoms with E-state index in [1.807, 2.05) is 0 Å². The fourth-order valence-corrected chi connectivity index (χ4v) is 1.38. The molecule has 1 saturated heterocycles. The van der Waals surface area contributed by atoms with Crippen LogP contribution in [0.25, 0.3) is 0 Å². The summed E-state index contributed by atoms with van der Waals surface area (Å²) in [5.74, 6) is 0. The second kappa shape index (κ2) is 5.20. The average molecular weight is 199 g/mol. The smallest absolute Gasteiger partial charge is 0.0207 e. The Bertz CT molecular complexity index is 101. The van der Waals surface area contributed by atoms with E-state index in [9.17, 15) is 0 Å². The van der Waals surface area contributed by atoms with Crippen molar-refractivity contribution in [2.75, 3.05) is 13.1 Å². The first-order valence-electron chi connectivity index (χ1n) is 3.92. The molecule has 2 aliphatic rings. The van der Waals surface area contributed by atoms with Crippen LogP contribution in [0.15, 0.2) is 0 Å². The van der Waals surface area contributed by atoms with Crippen molar-refractivity contribution in [1.29, 1.82) is 0 Å². The Morgan fingerprint density at radius 1 is 1.00 bits per heavy atom. The summed E-state index contributed by atoms with van der Waals surface area (Å²) in [4.78, 5) is 0. The van der Waals surface area contributed by atoms with Gasteiger partial charge in [0.1, 0.15) is 0 Å². The van der Waals surface area contributed by atoms with Crippen molar-refractivity contribution >= 4 is 24.8 Å². The zero-order chi connectivity index (χ0) is 6.10. The maximum Gasteiger partial charge on any atom is 0.0207 e. The van der Waals surface area contributed by atoms with E-state index in [2.05, 4.69) is 10.6 Å². The topological polar surface area (TPSA) is 24.1 Å². The SMILES string of the molecule is C1C[C@@H](NC2CC2)CN1.Cl.Cl. The minimum Gasteiger partial charge on any atom is -0.315 e. The van der Waals surface area contributed by atoms with Gasteiger partial charge in [-0.05, 0) is 25.8 Å². The Morgan fingerprint density at radius 2 is 1.73 bits per heavy atom. The van der Waals surface area contributed by atoms with Crippen LogP contribution in [0.1, 0.15) is 19.3 Å². The van der Waals surface area contributed by atoms with Gasteiger partial charge < -0.3 is 10.6 Å². The molecule has 1 aliphatic carbocycles. The van der Waals surface area contributed by atoms with Gasteiger partial charge in [-0.2, -0.15) is 0 Å². The minimum atomic E-state index is 0. The lowest BCUT2D eigenvalue weighted by Crippen LogP contribution is -2.32. The number of nitrogens with one attached hydrogen (secondary N) is 2. The van der Waals surface area contributed by atoms with Crippen LogP contribution >= 0.6 is 24.8 Å². The van der Waals surface area contributed by atoms with Crippen molar-refractivity contribution in [3.05, 3.63) is 0 Å². The number of hydrogen-bond acceptors (Lipinski definition) is 2. The summed E-state index contributed by atoms with van der Waals surface area (Å²) in [7, 11) is 0. The summed E-state index contributed by atoms with van der Waals surface area (Å²) in [5, 5.41) is 6.93. The highest BCUT2D eigenvalue weighted by Gasteiger charge is 2.25. The molecule has 2 nitrogen and oxygen atoms in total. The summed E-state index contributed by atoms with van der Waals surface area (Å²) < 4.78 is 0. The lowest BCUT2D eigenvalue weighted by molar-refractivity contribution is 0.544. The molecule has 2 fully saturated rings. The van der Waals surface area contributed by atoms with Gasteiger partial charge in [-0.1, -0.05) is 0 Å². The molecule has 0 bridgehead atoms. The Hall–Kier alpha value is 0.500. The summed E-state index contributed by atoms with van der Waals surface area (Å²) >= 11 is 0. The highest BCUT2D eigenvalue weighted by Crippen LogP contribution is 2.20. The second-order valence-electron chi connectivity index (χ2n) is 3.13. The molecule has 1 saturated carbocycles. The van der Waals surface area contributed by atoms with E-state index in [1.165, 1.54) is 32.4 Å². The third-order valence-corrected chi connectivity index (χ3v) is 2.11. The monoisotopic (exact) mass is 198 g/mol. The Morgan fingerprint density at radius 3 is 2.18 bits per heavy atom. The summed E-state index contributed by atoms with van der Waals surface area (Å²) in [6.45, 7) is 2.40. The van der Waals surface area contributed by atoms with Crippen LogP contribution in [-0.4, -0.2) is 25.2 Å². The lowest BCUT2D eigenvalue weighted by Gasteiger charge is -2.08. The summed E-state index contributed by atoms with van der Waals surface area (Å²) in [6, 6.07) is 1.67. The molecule has 1 aliphatic heterocycles. The van der Waals surface area contributed by atoms with Gasteiger partial charge >= 0.3 is 0 Å². The molecule has 2 N–H and O–H groups in total. The molecule has 0 radical (unpaired) electrons. The van der Waals surface area contributed by atoms with Gasteiger partial charge in [0.05, 0.1) is 0 Å². The average Bonchev–Trinajstić information content (AvgIpc) is 2.46. The van der Waals surface area contributed by atoms with Crippen molar-refractivity contribution in [1.82, 2.24) is 10.6 Å². The molecule has 11 heavy (non-hydrogen) atoms. The summed E-state index contributed by atoms with van der Waals surface area (Å²) in [5.41, 5.74) is 0. The van der Waals surface area contributed by atoms with Gasteiger partial charge in [-0.3, -0.25) is 0 Å². The standard InChI is InChI=1S/C7H14N2.2ClH/c1-2-6(1)9-7-3-4-8-5-7;;/h6-9H,1-5H2;2*1H/t7-;;/m1../s1. The van der Waals surface area contributed by atoms with E-state index in [0.717, 1.165) is 12.1 Å². The zero-order valence-electron chi connectivity index (χ0n) is 6.51. The molecule has 4 heteroatoms. The minimum absolute atomic E-state index is 0. The third kappa shape index (κ3) is 3.61. The number of hydrogen-bond donors (Lipinski definition) is 2. The summed E-state index contributed by atoms with van der Waals surface area (Å²) in [6.07, 6.45) is 4.16. The Balaban J connectivity index is 0.000000500. The van der Waals surface area contributed by atoms with Crippen LogP contribution in [0, 0.1) is 0 Å². The first-order chi connectivity index (χ1) is 4.45. The maximum absolute atomic E-state index is 3.59. The predicted octanol–water partition coefficient (Wildman–Crippen LogP) is 0.944. The first-order valence-corrected chi connectivity index (χ1v) is 3.92. The van der Waals surface area contributed by atoms with E-state index < -0.39 is 0 Å². The molecule has 0 aromatic carbocycles. The van der Waals surface area contributed by atoms with E-state index >= 15 is 0 Å². The highest BCUT2D eigenvalue weighted by molar-refractivity contribution is 5.85. The molecule has 0 unspecified atom stereocenters. The molecule has 0 aromatic heterocycles. The molecular weight excluding hydrogens is 183 g/mol. The van der Waals surface area contributed by atoms with Crippen LogP contribution in [0.3, 0.4) is 0 Å². The normalized spacial score (nSPS) is 28.9. The van der Waals surface area contributed by atoms with Crippen molar-refractivity contribution in [3.8, 4) is 0 Å². The highest BCUT2D eigenvalue weighted by atomic mass is 35.5. The maximum atomic E-state index is 3.59. The largest absolute Gasteiger partial charge is 0.315 e. The van der Waals surface area contributed by atoms with Crippen LogP contribution < -0.4 is 10.6 Å². The first kappa shape index (κ1) is 11.5.